The molecule has 4 heteroatoms. The van der Waals surface area contributed by atoms with Crippen molar-refractivity contribution in [2.24, 2.45) is 0 Å². The Kier molecular flexibility index (Phi) is 3.97. The zero-order chi connectivity index (χ0) is 13.0. The Morgan fingerprint density at radius 1 is 1.22 bits per heavy atom. The smallest absolute Gasteiger partial charge is 0.264 e. The van der Waals surface area contributed by atoms with E-state index in [9.17, 15) is 0 Å². The second kappa shape index (κ2) is 5.67. The Balaban J connectivity index is 1.93. The first kappa shape index (κ1) is 12.6. The first-order valence-electron chi connectivity index (χ1n) is 6.23. The van der Waals surface area contributed by atoms with Crippen LogP contribution in [0.5, 0.6) is 5.75 Å². The van der Waals surface area contributed by atoms with Crippen molar-refractivity contribution < 1.29 is 9.26 Å². The molecule has 0 aliphatic rings. The van der Waals surface area contributed by atoms with E-state index < -0.39 is 0 Å². The average Bonchev–Trinajstić information content (AvgIpc) is 2.85. The summed E-state index contributed by atoms with van der Waals surface area (Å²) in [6.07, 6.45) is 0.770. The fourth-order valence-corrected chi connectivity index (χ4v) is 1.59. The van der Waals surface area contributed by atoms with Gasteiger partial charge in [-0.15, -0.1) is 0 Å². The third-order valence-corrected chi connectivity index (χ3v) is 2.74. The second-order valence-corrected chi connectivity index (χ2v) is 4.47. The van der Waals surface area contributed by atoms with E-state index in [1.807, 2.05) is 19.1 Å². The zero-order valence-corrected chi connectivity index (χ0v) is 11.0. The minimum absolute atomic E-state index is 0.314. The molecule has 2 aromatic rings. The van der Waals surface area contributed by atoms with Crippen LogP contribution in [-0.4, -0.2) is 10.1 Å². The van der Waals surface area contributed by atoms with Crippen molar-refractivity contribution in [3.63, 3.8) is 0 Å². The Morgan fingerprint density at radius 3 is 2.50 bits per heavy atom. The third-order valence-electron chi connectivity index (χ3n) is 2.74. The molecule has 0 fully saturated rings. The summed E-state index contributed by atoms with van der Waals surface area (Å²) in [5.74, 6) is 2.57. The molecule has 0 aliphatic carbocycles. The molecule has 1 aromatic heterocycles. The van der Waals surface area contributed by atoms with Crippen LogP contribution in [0.3, 0.4) is 0 Å². The molecular weight excluding hydrogens is 228 g/mol. The van der Waals surface area contributed by atoms with Crippen LogP contribution in [0.25, 0.3) is 0 Å². The predicted molar refractivity (Wildman–Crippen MR) is 68.5 cm³/mol. The molecule has 1 heterocycles. The molecule has 4 nitrogen and oxygen atoms in total. The number of hydrogen-bond donors (Lipinski definition) is 0. The molecule has 0 amide bonds. The molecule has 0 radical (unpaired) electrons. The van der Waals surface area contributed by atoms with Crippen LogP contribution in [0, 0.1) is 0 Å². The molecule has 96 valence electrons. The number of rotatable bonds is 5. The highest BCUT2D eigenvalue weighted by molar-refractivity contribution is 5.28. The first-order chi connectivity index (χ1) is 8.69. The van der Waals surface area contributed by atoms with E-state index in [-0.39, 0.29) is 0 Å². The summed E-state index contributed by atoms with van der Waals surface area (Å²) in [6.45, 7) is 6.63. The lowest BCUT2D eigenvalue weighted by Gasteiger charge is -2.07. The fraction of sp³-hybridized carbons (Fsp3) is 0.429. The summed E-state index contributed by atoms with van der Waals surface area (Å²) in [6, 6.07) is 8.08. The predicted octanol–water partition coefficient (Wildman–Crippen LogP) is 3.33. The van der Waals surface area contributed by atoms with Gasteiger partial charge < -0.3 is 9.26 Å². The number of aromatic nitrogens is 2. The molecular formula is C14H18N2O2. The van der Waals surface area contributed by atoms with Gasteiger partial charge in [0.1, 0.15) is 5.75 Å². The van der Waals surface area contributed by atoms with E-state index in [4.69, 9.17) is 9.26 Å². The lowest BCUT2D eigenvalue weighted by molar-refractivity contribution is 0.242. The van der Waals surface area contributed by atoms with E-state index in [2.05, 4.69) is 36.1 Å². The first-order valence-corrected chi connectivity index (χ1v) is 6.23. The van der Waals surface area contributed by atoms with E-state index in [0.29, 0.717) is 24.2 Å². The minimum atomic E-state index is 0.314. The van der Waals surface area contributed by atoms with Crippen LogP contribution in [0.1, 0.15) is 44.0 Å². The van der Waals surface area contributed by atoms with Crippen LogP contribution in [0.2, 0.25) is 0 Å². The van der Waals surface area contributed by atoms with Crippen molar-refractivity contribution in [3.05, 3.63) is 41.5 Å². The highest BCUT2D eigenvalue weighted by atomic mass is 16.5. The summed E-state index contributed by atoms with van der Waals surface area (Å²) in [5.41, 5.74) is 1.30. The third kappa shape index (κ3) is 3.09. The van der Waals surface area contributed by atoms with Gasteiger partial charge >= 0.3 is 0 Å². The fourth-order valence-electron chi connectivity index (χ4n) is 1.59. The van der Waals surface area contributed by atoms with Crippen LogP contribution < -0.4 is 4.74 Å². The monoisotopic (exact) mass is 246 g/mol. The Morgan fingerprint density at radius 2 is 1.94 bits per heavy atom. The maximum atomic E-state index is 5.59. The molecule has 0 N–H and O–H groups in total. The second-order valence-electron chi connectivity index (χ2n) is 4.47. The standard InChI is InChI=1S/C14H18N2O2/c1-4-13-15-14(18-16-13)9-17-12-7-5-11(6-8-12)10(2)3/h5-8,10H,4,9H2,1-3H3. The Labute approximate surface area is 107 Å². The normalized spacial score (nSPS) is 10.9. The number of ether oxygens (including phenoxy) is 1. The van der Waals surface area contributed by atoms with E-state index in [1.54, 1.807) is 0 Å². The largest absolute Gasteiger partial charge is 0.484 e. The number of aryl methyl sites for hydroxylation is 1. The van der Waals surface area contributed by atoms with Gasteiger partial charge in [-0.1, -0.05) is 38.1 Å². The summed E-state index contributed by atoms with van der Waals surface area (Å²) < 4.78 is 10.6. The number of benzene rings is 1. The van der Waals surface area contributed by atoms with Gasteiger partial charge in [-0.05, 0) is 23.6 Å². The summed E-state index contributed by atoms with van der Waals surface area (Å²) in [4.78, 5) is 4.19. The van der Waals surface area contributed by atoms with E-state index in [1.165, 1.54) is 5.56 Å². The van der Waals surface area contributed by atoms with Crippen LogP contribution >= 0.6 is 0 Å². The highest BCUT2D eigenvalue weighted by Gasteiger charge is 2.05. The summed E-state index contributed by atoms with van der Waals surface area (Å²) in [5, 5.41) is 3.82. The van der Waals surface area contributed by atoms with E-state index in [0.717, 1.165) is 12.2 Å². The van der Waals surface area contributed by atoms with Gasteiger partial charge in [0.2, 0.25) is 0 Å². The summed E-state index contributed by atoms with van der Waals surface area (Å²) >= 11 is 0. The lowest BCUT2D eigenvalue weighted by atomic mass is 10.0. The van der Waals surface area contributed by atoms with Crippen LogP contribution in [0.15, 0.2) is 28.8 Å². The van der Waals surface area contributed by atoms with Gasteiger partial charge in [0, 0.05) is 6.42 Å². The summed E-state index contributed by atoms with van der Waals surface area (Å²) in [7, 11) is 0. The van der Waals surface area contributed by atoms with E-state index >= 15 is 0 Å². The molecule has 2 rings (SSSR count). The van der Waals surface area contributed by atoms with Crippen molar-refractivity contribution >= 4 is 0 Å². The Bertz CT molecular complexity index is 489. The van der Waals surface area contributed by atoms with Gasteiger partial charge in [-0.25, -0.2) is 0 Å². The lowest BCUT2D eigenvalue weighted by Crippen LogP contribution is -1.96. The molecule has 18 heavy (non-hydrogen) atoms. The number of hydrogen-bond acceptors (Lipinski definition) is 4. The highest BCUT2D eigenvalue weighted by Crippen LogP contribution is 2.19. The molecule has 0 saturated heterocycles. The van der Waals surface area contributed by atoms with Gasteiger partial charge in [0.15, 0.2) is 12.4 Å². The molecule has 0 spiro atoms. The molecule has 0 bridgehead atoms. The average molecular weight is 246 g/mol. The number of nitrogens with zero attached hydrogens (tertiary/aromatic N) is 2. The van der Waals surface area contributed by atoms with Crippen molar-refractivity contribution in [1.82, 2.24) is 10.1 Å². The molecule has 0 unspecified atom stereocenters. The molecule has 0 atom stereocenters. The van der Waals surface area contributed by atoms with Crippen molar-refractivity contribution in [2.45, 2.75) is 39.7 Å². The molecule has 0 aliphatic heterocycles. The van der Waals surface area contributed by atoms with Crippen LogP contribution in [0.4, 0.5) is 0 Å². The van der Waals surface area contributed by atoms with Gasteiger partial charge in [-0.3, -0.25) is 0 Å². The molecule has 0 saturated carbocycles. The SMILES string of the molecule is CCc1noc(COc2ccc(C(C)C)cc2)n1. The minimum Gasteiger partial charge on any atom is -0.484 e. The topological polar surface area (TPSA) is 48.2 Å². The van der Waals surface area contributed by atoms with Gasteiger partial charge in [-0.2, -0.15) is 4.98 Å². The van der Waals surface area contributed by atoms with Crippen molar-refractivity contribution in [2.75, 3.05) is 0 Å². The maximum Gasteiger partial charge on any atom is 0.264 e. The molecule has 1 aromatic carbocycles. The van der Waals surface area contributed by atoms with Gasteiger partial charge in [0.25, 0.3) is 5.89 Å². The quantitative estimate of drug-likeness (QED) is 0.811. The van der Waals surface area contributed by atoms with Crippen molar-refractivity contribution in [1.29, 1.82) is 0 Å². The van der Waals surface area contributed by atoms with Crippen LogP contribution in [-0.2, 0) is 13.0 Å². The van der Waals surface area contributed by atoms with Crippen molar-refractivity contribution in [3.8, 4) is 5.75 Å². The van der Waals surface area contributed by atoms with Gasteiger partial charge in [0.05, 0.1) is 0 Å². The zero-order valence-electron chi connectivity index (χ0n) is 11.0. The Hall–Kier alpha value is -1.84. The maximum absolute atomic E-state index is 5.59.